The average molecular weight is 455 g/mol. The zero-order valence-electron chi connectivity index (χ0n) is 15.4. The van der Waals surface area contributed by atoms with Crippen molar-refractivity contribution in [1.29, 1.82) is 0 Å². The van der Waals surface area contributed by atoms with Crippen molar-refractivity contribution in [3.05, 3.63) is 71.6 Å². The molecule has 0 fully saturated rings. The van der Waals surface area contributed by atoms with Gasteiger partial charge in [-0.05, 0) is 42.5 Å². The Morgan fingerprint density at radius 3 is 2.60 bits per heavy atom. The maximum Gasteiger partial charge on any atom is 0.416 e. The summed E-state index contributed by atoms with van der Waals surface area (Å²) in [7, 11) is 1.88. The Morgan fingerprint density at radius 1 is 1.07 bits per heavy atom. The topological polar surface area (TPSA) is 52.0 Å². The van der Waals surface area contributed by atoms with Crippen LogP contribution in [-0.4, -0.2) is 14.5 Å². The molecule has 0 aliphatic heterocycles. The fourth-order valence-corrected chi connectivity index (χ4v) is 3.09. The summed E-state index contributed by atoms with van der Waals surface area (Å²) < 4.78 is 46.0. The average Bonchev–Trinajstić information content (AvgIpc) is 3.06. The Hall–Kier alpha value is -2.97. The number of anilines is 2. The Bertz CT molecular complexity index is 1190. The summed E-state index contributed by atoms with van der Waals surface area (Å²) >= 11 is 6.28. The predicted molar refractivity (Wildman–Crippen MR) is 112 cm³/mol. The Morgan fingerprint density at radius 2 is 1.87 bits per heavy atom. The third-order valence-electron chi connectivity index (χ3n) is 4.24. The molecule has 5 nitrogen and oxygen atoms in total. The SMILES string of the molecule is Cl.Cn1ccc2ncnc(Nc3ccc(Oc4cccc(C(F)(F)F)c4)c(Cl)c3)c21. The Balaban J connectivity index is 0.00000256. The van der Waals surface area contributed by atoms with Gasteiger partial charge in [0.1, 0.15) is 23.3 Å². The first kappa shape index (κ1) is 21.7. The molecule has 0 spiro atoms. The van der Waals surface area contributed by atoms with Crippen LogP contribution in [0.4, 0.5) is 24.7 Å². The lowest BCUT2D eigenvalue weighted by Crippen LogP contribution is -2.04. The van der Waals surface area contributed by atoms with Gasteiger partial charge in [-0.3, -0.25) is 0 Å². The normalized spacial score (nSPS) is 11.2. The molecule has 156 valence electrons. The smallest absolute Gasteiger partial charge is 0.416 e. The number of aryl methyl sites for hydroxylation is 1. The Kier molecular flexibility index (Phi) is 6.09. The molecule has 10 heteroatoms. The summed E-state index contributed by atoms with van der Waals surface area (Å²) in [6.07, 6.45) is -1.11. The highest BCUT2D eigenvalue weighted by atomic mass is 35.5. The number of hydrogen-bond donors (Lipinski definition) is 1. The molecule has 0 atom stereocenters. The van der Waals surface area contributed by atoms with E-state index in [1.807, 2.05) is 23.9 Å². The van der Waals surface area contributed by atoms with Gasteiger partial charge < -0.3 is 14.6 Å². The number of benzene rings is 2. The summed E-state index contributed by atoms with van der Waals surface area (Å²) in [5.41, 5.74) is 1.47. The van der Waals surface area contributed by atoms with Gasteiger partial charge in [0.15, 0.2) is 5.82 Å². The van der Waals surface area contributed by atoms with Crippen molar-refractivity contribution < 1.29 is 17.9 Å². The third-order valence-corrected chi connectivity index (χ3v) is 4.54. The van der Waals surface area contributed by atoms with Crippen LogP contribution in [-0.2, 0) is 13.2 Å². The van der Waals surface area contributed by atoms with Crippen molar-refractivity contribution in [3.8, 4) is 11.5 Å². The number of halogens is 5. The molecule has 0 aliphatic carbocycles. The number of nitrogens with one attached hydrogen (secondary N) is 1. The monoisotopic (exact) mass is 454 g/mol. The molecule has 0 bridgehead atoms. The lowest BCUT2D eigenvalue weighted by molar-refractivity contribution is -0.137. The van der Waals surface area contributed by atoms with Crippen molar-refractivity contribution in [2.45, 2.75) is 6.18 Å². The highest BCUT2D eigenvalue weighted by Crippen LogP contribution is 2.36. The highest BCUT2D eigenvalue weighted by Gasteiger charge is 2.30. The number of nitrogens with zero attached hydrogens (tertiary/aromatic N) is 3. The summed E-state index contributed by atoms with van der Waals surface area (Å²) in [4.78, 5) is 8.47. The first-order valence-corrected chi connectivity index (χ1v) is 8.87. The molecule has 0 aliphatic rings. The van der Waals surface area contributed by atoms with Crippen molar-refractivity contribution in [2.75, 3.05) is 5.32 Å². The summed E-state index contributed by atoms with van der Waals surface area (Å²) in [5, 5.41) is 3.41. The van der Waals surface area contributed by atoms with Crippen LogP contribution in [0.15, 0.2) is 61.1 Å². The first-order chi connectivity index (χ1) is 13.8. The summed E-state index contributed by atoms with van der Waals surface area (Å²) in [6, 6.07) is 11.4. The van der Waals surface area contributed by atoms with Crippen molar-refractivity contribution in [1.82, 2.24) is 14.5 Å². The zero-order chi connectivity index (χ0) is 20.6. The van der Waals surface area contributed by atoms with E-state index in [0.29, 0.717) is 11.5 Å². The number of fused-ring (bicyclic) bond motifs is 1. The number of aromatic nitrogens is 3. The minimum Gasteiger partial charge on any atom is -0.456 e. The van der Waals surface area contributed by atoms with E-state index in [1.54, 1.807) is 18.2 Å². The molecule has 0 saturated heterocycles. The van der Waals surface area contributed by atoms with E-state index in [9.17, 15) is 13.2 Å². The summed E-state index contributed by atoms with van der Waals surface area (Å²) in [6.45, 7) is 0. The van der Waals surface area contributed by atoms with Crippen molar-refractivity contribution in [2.24, 2.45) is 7.05 Å². The third kappa shape index (κ3) is 4.44. The van der Waals surface area contributed by atoms with E-state index in [1.165, 1.54) is 18.5 Å². The first-order valence-electron chi connectivity index (χ1n) is 8.49. The van der Waals surface area contributed by atoms with Crippen LogP contribution in [0, 0.1) is 0 Å². The standard InChI is InChI=1S/C20H14ClF3N4O.ClH/c1-28-8-7-16-18(28)19(26-11-25-16)27-13-5-6-17(15(21)10-13)29-14-4-2-3-12(9-14)20(22,23)24;/h2-11H,1H3,(H,25,26,27);1H. The lowest BCUT2D eigenvalue weighted by atomic mass is 10.2. The van der Waals surface area contributed by atoms with E-state index in [-0.39, 0.29) is 28.9 Å². The fourth-order valence-electron chi connectivity index (χ4n) is 2.87. The molecule has 0 unspecified atom stereocenters. The van der Waals surface area contributed by atoms with E-state index in [0.717, 1.165) is 23.2 Å². The fraction of sp³-hybridized carbons (Fsp3) is 0.100. The van der Waals surface area contributed by atoms with Crippen LogP contribution < -0.4 is 10.1 Å². The van der Waals surface area contributed by atoms with Gasteiger partial charge in [-0.1, -0.05) is 17.7 Å². The molecular formula is C20H15Cl2F3N4O. The molecule has 30 heavy (non-hydrogen) atoms. The second kappa shape index (κ2) is 8.41. The minimum absolute atomic E-state index is 0. The molecular weight excluding hydrogens is 440 g/mol. The van der Waals surface area contributed by atoms with Crippen LogP contribution >= 0.6 is 24.0 Å². The van der Waals surface area contributed by atoms with Crippen LogP contribution in [0.3, 0.4) is 0 Å². The van der Waals surface area contributed by atoms with Gasteiger partial charge in [-0.2, -0.15) is 13.2 Å². The largest absolute Gasteiger partial charge is 0.456 e. The molecule has 0 radical (unpaired) electrons. The van der Waals surface area contributed by atoms with E-state index in [2.05, 4.69) is 15.3 Å². The van der Waals surface area contributed by atoms with Crippen LogP contribution in [0.5, 0.6) is 11.5 Å². The van der Waals surface area contributed by atoms with Gasteiger partial charge in [-0.25, -0.2) is 9.97 Å². The van der Waals surface area contributed by atoms with Crippen molar-refractivity contribution >= 4 is 46.5 Å². The number of hydrogen-bond acceptors (Lipinski definition) is 4. The molecule has 4 rings (SSSR count). The molecule has 0 amide bonds. The van der Waals surface area contributed by atoms with E-state index >= 15 is 0 Å². The minimum atomic E-state index is -4.45. The Labute approximate surface area is 180 Å². The van der Waals surface area contributed by atoms with Crippen molar-refractivity contribution in [3.63, 3.8) is 0 Å². The summed E-state index contributed by atoms with van der Waals surface area (Å²) in [5.74, 6) is 0.886. The number of alkyl halides is 3. The molecule has 2 aromatic carbocycles. The second-order valence-corrected chi connectivity index (χ2v) is 6.69. The van der Waals surface area contributed by atoms with Gasteiger partial charge in [0, 0.05) is 18.9 Å². The molecule has 4 aromatic rings. The van der Waals surface area contributed by atoms with Gasteiger partial charge in [0.2, 0.25) is 0 Å². The molecule has 1 N–H and O–H groups in total. The van der Waals surface area contributed by atoms with Crippen LogP contribution in [0.25, 0.3) is 11.0 Å². The molecule has 2 heterocycles. The molecule has 2 aromatic heterocycles. The maximum atomic E-state index is 12.9. The van der Waals surface area contributed by atoms with Crippen LogP contribution in [0.2, 0.25) is 5.02 Å². The van der Waals surface area contributed by atoms with Gasteiger partial charge in [0.05, 0.1) is 16.1 Å². The highest BCUT2D eigenvalue weighted by molar-refractivity contribution is 6.32. The second-order valence-electron chi connectivity index (χ2n) is 6.28. The van der Waals surface area contributed by atoms with Gasteiger partial charge in [0.25, 0.3) is 0 Å². The maximum absolute atomic E-state index is 12.9. The van der Waals surface area contributed by atoms with E-state index < -0.39 is 11.7 Å². The van der Waals surface area contributed by atoms with E-state index in [4.69, 9.17) is 16.3 Å². The van der Waals surface area contributed by atoms with Gasteiger partial charge in [-0.15, -0.1) is 12.4 Å². The zero-order valence-corrected chi connectivity index (χ0v) is 17.0. The number of ether oxygens (including phenoxy) is 1. The molecule has 0 saturated carbocycles. The predicted octanol–water partition coefficient (Wildman–Crippen LogP) is 6.60. The van der Waals surface area contributed by atoms with Gasteiger partial charge >= 0.3 is 6.18 Å². The number of rotatable bonds is 4. The van der Waals surface area contributed by atoms with Crippen LogP contribution in [0.1, 0.15) is 5.56 Å². The lowest BCUT2D eigenvalue weighted by Gasteiger charge is -2.13. The quantitative estimate of drug-likeness (QED) is 0.377.